The van der Waals surface area contributed by atoms with Crippen LogP contribution in [0.1, 0.15) is 61.3 Å². The fourth-order valence-corrected chi connectivity index (χ4v) is 1.64. The molecule has 0 spiro atoms. The lowest BCUT2D eigenvalue weighted by atomic mass is 9.78. The standard InChI is InChI=1S/C15H29NO3/c1-11(17)16-9-8-13(18)19-12(15(5,6)7)10-14(2,3)4/h12H,8-10H2,1-7H3,(H,16,17). The molecule has 0 aromatic rings. The zero-order valence-corrected chi connectivity index (χ0v) is 13.4. The lowest BCUT2D eigenvalue weighted by Gasteiger charge is -2.35. The van der Waals surface area contributed by atoms with E-state index in [1.807, 2.05) is 0 Å². The predicted molar refractivity (Wildman–Crippen MR) is 76.7 cm³/mol. The number of carbonyl (C=O) groups excluding carboxylic acids is 2. The van der Waals surface area contributed by atoms with E-state index in [1.54, 1.807) is 0 Å². The van der Waals surface area contributed by atoms with Crippen LogP contribution in [-0.4, -0.2) is 24.5 Å². The minimum Gasteiger partial charge on any atom is -0.462 e. The molecule has 0 aliphatic carbocycles. The van der Waals surface area contributed by atoms with Gasteiger partial charge in [-0.25, -0.2) is 0 Å². The summed E-state index contributed by atoms with van der Waals surface area (Å²) >= 11 is 0. The van der Waals surface area contributed by atoms with Crippen LogP contribution in [0.5, 0.6) is 0 Å². The van der Waals surface area contributed by atoms with Crippen LogP contribution in [0.2, 0.25) is 0 Å². The molecule has 0 heterocycles. The molecule has 0 aromatic carbocycles. The summed E-state index contributed by atoms with van der Waals surface area (Å²) in [6, 6.07) is 0. The highest BCUT2D eigenvalue weighted by atomic mass is 16.5. The van der Waals surface area contributed by atoms with E-state index in [4.69, 9.17) is 4.74 Å². The van der Waals surface area contributed by atoms with Crippen LogP contribution in [-0.2, 0) is 14.3 Å². The smallest absolute Gasteiger partial charge is 0.307 e. The average Bonchev–Trinajstić information content (AvgIpc) is 2.12. The van der Waals surface area contributed by atoms with Crippen molar-refractivity contribution >= 4 is 11.9 Å². The van der Waals surface area contributed by atoms with Crippen LogP contribution >= 0.6 is 0 Å². The lowest BCUT2D eigenvalue weighted by Crippen LogP contribution is -2.36. The molecular weight excluding hydrogens is 242 g/mol. The van der Waals surface area contributed by atoms with E-state index >= 15 is 0 Å². The van der Waals surface area contributed by atoms with Crippen molar-refractivity contribution in [2.45, 2.75) is 67.4 Å². The Bertz CT molecular complexity index is 310. The van der Waals surface area contributed by atoms with Crippen LogP contribution in [0, 0.1) is 10.8 Å². The number of hydrogen-bond donors (Lipinski definition) is 1. The Balaban J connectivity index is 4.41. The van der Waals surface area contributed by atoms with Gasteiger partial charge in [-0.2, -0.15) is 0 Å². The molecule has 4 nitrogen and oxygen atoms in total. The number of ether oxygens (including phenoxy) is 1. The summed E-state index contributed by atoms with van der Waals surface area (Å²) in [7, 11) is 0. The summed E-state index contributed by atoms with van der Waals surface area (Å²) in [5.74, 6) is -0.382. The molecule has 0 bridgehead atoms. The van der Waals surface area contributed by atoms with E-state index < -0.39 is 0 Å². The van der Waals surface area contributed by atoms with Crippen LogP contribution in [0.4, 0.5) is 0 Å². The van der Waals surface area contributed by atoms with Crippen molar-refractivity contribution in [2.75, 3.05) is 6.54 Å². The molecule has 0 rings (SSSR count). The van der Waals surface area contributed by atoms with Crippen molar-refractivity contribution in [1.29, 1.82) is 0 Å². The maximum atomic E-state index is 11.8. The van der Waals surface area contributed by atoms with Crippen molar-refractivity contribution in [3.63, 3.8) is 0 Å². The van der Waals surface area contributed by atoms with E-state index in [0.29, 0.717) is 6.54 Å². The Morgan fingerprint density at radius 1 is 1.11 bits per heavy atom. The van der Waals surface area contributed by atoms with E-state index in [1.165, 1.54) is 6.92 Å². The first-order chi connectivity index (χ1) is 8.42. The predicted octanol–water partition coefficient (Wildman–Crippen LogP) is 2.91. The zero-order valence-electron chi connectivity index (χ0n) is 13.4. The average molecular weight is 271 g/mol. The van der Waals surface area contributed by atoms with Crippen molar-refractivity contribution in [3.05, 3.63) is 0 Å². The Hall–Kier alpha value is -1.06. The molecule has 0 saturated carbocycles. The molecule has 1 amide bonds. The molecule has 1 N–H and O–H groups in total. The summed E-state index contributed by atoms with van der Waals surface area (Å²) < 4.78 is 5.58. The van der Waals surface area contributed by atoms with Crippen molar-refractivity contribution in [1.82, 2.24) is 5.32 Å². The molecule has 112 valence electrons. The van der Waals surface area contributed by atoms with Gasteiger partial charge in [0.25, 0.3) is 0 Å². The first kappa shape index (κ1) is 17.9. The van der Waals surface area contributed by atoms with E-state index in [9.17, 15) is 9.59 Å². The lowest BCUT2D eigenvalue weighted by molar-refractivity contribution is -0.156. The molecule has 0 saturated heterocycles. The summed E-state index contributed by atoms with van der Waals surface area (Å²) in [5.41, 5.74) is 0.0206. The molecule has 1 atom stereocenters. The number of carbonyl (C=O) groups is 2. The molecular formula is C15H29NO3. The van der Waals surface area contributed by atoms with Gasteiger partial charge in [0, 0.05) is 13.5 Å². The highest BCUT2D eigenvalue weighted by Gasteiger charge is 2.32. The molecule has 0 fully saturated rings. The van der Waals surface area contributed by atoms with Gasteiger partial charge in [-0.3, -0.25) is 9.59 Å². The van der Waals surface area contributed by atoms with Crippen molar-refractivity contribution < 1.29 is 14.3 Å². The molecule has 4 heteroatoms. The highest BCUT2D eigenvalue weighted by molar-refractivity contribution is 5.74. The second-order valence-corrected chi connectivity index (χ2v) is 7.34. The van der Waals surface area contributed by atoms with Gasteiger partial charge in [0.05, 0.1) is 6.42 Å². The Labute approximate surface area is 117 Å². The fraction of sp³-hybridized carbons (Fsp3) is 0.867. The third-order valence-electron chi connectivity index (χ3n) is 2.74. The Morgan fingerprint density at radius 3 is 2.00 bits per heavy atom. The van der Waals surface area contributed by atoms with Gasteiger partial charge < -0.3 is 10.1 Å². The highest BCUT2D eigenvalue weighted by Crippen LogP contribution is 2.32. The second-order valence-electron chi connectivity index (χ2n) is 7.34. The zero-order chi connectivity index (χ0) is 15.3. The van der Waals surface area contributed by atoms with Crippen LogP contribution in [0.25, 0.3) is 0 Å². The van der Waals surface area contributed by atoms with E-state index in [-0.39, 0.29) is 35.2 Å². The van der Waals surface area contributed by atoms with Gasteiger partial charge >= 0.3 is 5.97 Å². The van der Waals surface area contributed by atoms with Crippen molar-refractivity contribution in [3.8, 4) is 0 Å². The van der Waals surface area contributed by atoms with Crippen LogP contribution in [0.3, 0.4) is 0 Å². The SMILES string of the molecule is CC(=O)NCCC(=O)OC(CC(C)(C)C)C(C)(C)C. The molecule has 0 aliphatic rings. The normalized spacial score (nSPS) is 13.8. The topological polar surface area (TPSA) is 55.4 Å². The largest absolute Gasteiger partial charge is 0.462 e. The van der Waals surface area contributed by atoms with Gasteiger partial charge in [0.1, 0.15) is 6.10 Å². The minimum atomic E-state index is -0.252. The van der Waals surface area contributed by atoms with Crippen molar-refractivity contribution in [2.24, 2.45) is 10.8 Å². The monoisotopic (exact) mass is 271 g/mol. The Morgan fingerprint density at radius 2 is 1.63 bits per heavy atom. The summed E-state index contributed by atoms with van der Waals surface area (Å²) in [6.45, 7) is 14.4. The van der Waals surface area contributed by atoms with Crippen LogP contribution < -0.4 is 5.32 Å². The molecule has 1 unspecified atom stereocenters. The third-order valence-corrected chi connectivity index (χ3v) is 2.74. The molecule has 0 radical (unpaired) electrons. The number of rotatable bonds is 5. The van der Waals surface area contributed by atoms with E-state index in [2.05, 4.69) is 46.9 Å². The first-order valence-electron chi connectivity index (χ1n) is 6.86. The first-order valence-corrected chi connectivity index (χ1v) is 6.86. The summed E-state index contributed by atoms with van der Waals surface area (Å²) in [4.78, 5) is 22.5. The van der Waals surface area contributed by atoms with Crippen LogP contribution in [0.15, 0.2) is 0 Å². The summed E-state index contributed by atoms with van der Waals surface area (Å²) in [5, 5.41) is 2.60. The van der Waals surface area contributed by atoms with Gasteiger partial charge in [0.2, 0.25) is 5.91 Å². The van der Waals surface area contributed by atoms with Gasteiger partial charge in [-0.1, -0.05) is 41.5 Å². The number of nitrogens with one attached hydrogen (secondary N) is 1. The third kappa shape index (κ3) is 9.51. The maximum absolute atomic E-state index is 11.8. The minimum absolute atomic E-state index is 0.0864. The number of esters is 1. The van der Waals surface area contributed by atoms with Gasteiger partial charge in [-0.05, 0) is 17.3 Å². The fourth-order valence-electron chi connectivity index (χ4n) is 1.64. The maximum Gasteiger partial charge on any atom is 0.307 e. The molecule has 0 aromatic heterocycles. The van der Waals surface area contributed by atoms with E-state index in [0.717, 1.165) is 6.42 Å². The molecule has 19 heavy (non-hydrogen) atoms. The number of hydrogen-bond acceptors (Lipinski definition) is 3. The summed E-state index contributed by atoms with van der Waals surface area (Å²) in [6.07, 6.45) is 0.927. The van der Waals surface area contributed by atoms with Gasteiger partial charge in [-0.15, -0.1) is 0 Å². The molecule has 0 aliphatic heterocycles. The quantitative estimate of drug-likeness (QED) is 0.782. The van der Waals surface area contributed by atoms with Gasteiger partial charge in [0.15, 0.2) is 0 Å². The number of amides is 1. The second kappa shape index (κ2) is 6.92. The Kier molecular flexibility index (Phi) is 6.53.